The molecular formula is C17H21N3OS. The summed E-state index contributed by atoms with van der Waals surface area (Å²) in [4.78, 5) is 19.1. The Morgan fingerprint density at radius 3 is 2.82 bits per heavy atom. The first-order valence-electron chi connectivity index (χ1n) is 7.67. The molecule has 0 saturated carbocycles. The highest BCUT2D eigenvalue weighted by atomic mass is 32.1. The number of likely N-dealkylation sites (tertiary alicyclic amines) is 1. The van der Waals surface area contributed by atoms with Gasteiger partial charge in [-0.05, 0) is 33.4 Å². The van der Waals surface area contributed by atoms with Crippen LogP contribution in [0, 0.1) is 6.92 Å². The fraction of sp³-hybridized carbons (Fsp3) is 0.412. The second-order valence-corrected chi connectivity index (χ2v) is 6.74. The van der Waals surface area contributed by atoms with Gasteiger partial charge in [-0.25, -0.2) is 4.98 Å². The average molecular weight is 315 g/mol. The van der Waals surface area contributed by atoms with Crippen molar-refractivity contribution in [3.8, 4) is 11.3 Å². The number of thiazole rings is 1. The maximum Gasteiger partial charge on any atom is 0.243 e. The van der Waals surface area contributed by atoms with Gasteiger partial charge >= 0.3 is 0 Å². The number of likely N-dealkylation sites (N-methyl/N-ethyl adjacent to an activating group) is 1. The van der Waals surface area contributed by atoms with Crippen molar-refractivity contribution in [1.82, 2.24) is 9.88 Å². The molecule has 0 unspecified atom stereocenters. The highest BCUT2D eigenvalue weighted by Crippen LogP contribution is 2.26. The molecule has 1 saturated heterocycles. The minimum absolute atomic E-state index is 0.0273. The Morgan fingerprint density at radius 1 is 1.32 bits per heavy atom. The summed E-state index contributed by atoms with van der Waals surface area (Å²) in [5.74, 6) is 0.0620. The highest BCUT2D eigenvalue weighted by molar-refractivity contribution is 7.14. The normalized spacial score (nSPS) is 19.1. The summed E-state index contributed by atoms with van der Waals surface area (Å²) < 4.78 is 0. The number of rotatable bonds is 3. The summed E-state index contributed by atoms with van der Waals surface area (Å²) in [6, 6.07) is 8.24. The molecule has 4 nitrogen and oxygen atoms in total. The summed E-state index contributed by atoms with van der Waals surface area (Å²) in [7, 11) is 2.02. The first kappa shape index (κ1) is 15.2. The number of carbonyl (C=O) groups is 1. The fourth-order valence-corrected chi connectivity index (χ4v) is 3.51. The molecule has 1 atom stereocenters. The number of hydrogen-bond acceptors (Lipinski definition) is 4. The fourth-order valence-electron chi connectivity index (χ4n) is 2.78. The Kier molecular flexibility index (Phi) is 4.55. The number of anilines is 1. The molecule has 5 heteroatoms. The number of nitrogens with zero attached hydrogens (tertiary/aromatic N) is 2. The van der Waals surface area contributed by atoms with E-state index in [1.807, 2.05) is 12.4 Å². The minimum atomic E-state index is -0.0273. The van der Waals surface area contributed by atoms with Gasteiger partial charge in [-0.2, -0.15) is 0 Å². The average Bonchev–Trinajstić information content (AvgIpc) is 2.97. The van der Waals surface area contributed by atoms with Crippen LogP contribution < -0.4 is 5.32 Å². The molecule has 0 radical (unpaired) electrons. The number of aromatic nitrogens is 1. The lowest BCUT2D eigenvalue weighted by Gasteiger charge is -2.30. The Morgan fingerprint density at radius 2 is 2.09 bits per heavy atom. The molecule has 0 bridgehead atoms. The smallest absolute Gasteiger partial charge is 0.243 e. The summed E-state index contributed by atoms with van der Waals surface area (Å²) in [6.45, 7) is 3.06. The number of benzene rings is 1. The molecule has 116 valence electrons. The van der Waals surface area contributed by atoms with Crippen molar-refractivity contribution in [2.24, 2.45) is 0 Å². The molecule has 1 fully saturated rings. The van der Waals surface area contributed by atoms with E-state index in [4.69, 9.17) is 0 Å². The van der Waals surface area contributed by atoms with Gasteiger partial charge in [0.05, 0.1) is 11.7 Å². The third-order valence-corrected chi connectivity index (χ3v) is 4.91. The summed E-state index contributed by atoms with van der Waals surface area (Å²) in [5, 5.41) is 5.64. The molecule has 1 aliphatic heterocycles. The summed E-state index contributed by atoms with van der Waals surface area (Å²) >= 11 is 1.48. The van der Waals surface area contributed by atoms with E-state index >= 15 is 0 Å². The molecule has 1 aromatic heterocycles. The van der Waals surface area contributed by atoms with E-state index in [0.29, 0.717) is 5.13 Å². The lowest BCUT2D eigenvalue weighted by molar-refractivity contribution is -0.121. The zero-order valence-corrected chi connectivity index (χ0v) is 13.8. The van der Waals surface area contributed by atoms with Crippen molar-refractivity contribution in [3.63, 3.8) is 0 Å². The molecule has 1 aromatic carbocycles. The van der Waals surface area contributed by atoms with E-state index in [0.717, 1.165) is 30.6 Å². The van der Waals surface area contributed by atoms with Crippen molar-refractivity contribution in [1.29, 1.82) is 0 Å². The number of carbonyl (C=O) groups excluding carboxylic acids is 1. The molecule has 0 aliphatic carbocycles. The second kappa shape index (κ2) is 6.58. The highest BCUT2D eigenvalue weighted by Gasteiger charge is 2.26. The second-order valence-electron chi connectivity index (χ2n) is 5.89. The van der Waals surface area contributed by atoms with Crippen molar-refractivity contribution < 1.29 is 4.79 Å². The standard InChI is InChI=1S/C17H21N3OS/c1-12-6-8-13(9-7-12)14-11-22-17(18-14)19-16(21)15-5-3-4-10-20(15)2/h6-9,11,15H,3-5,10H2,1-2H3,(H,18,19,21)/t15-/m0/s1. The van der Waals surface area contributed by atoms with E-state index in [9.17, 15) is 4.79 Å². The Bertz CT molecular complexity index is 650. The SMILES string of the molecule is Cc1ccc(-c2csc(NC(=O)[C@@H]3CCCCN3C)n2)cc1. The van der Waals surface area contributed by atoms with Gasteiger partial charge in [0.1, 0.15) is 0 Å². The van der Waals surface area contributed by atoms with Crippen molar-refractivity contribution in [2.45, 2.75) is 32.2 Å². The number of hydrogen-bond donors (Lipinski definition) is 1. The predicted octanol–water partition coefficient (Wildman–Crippen LogP) is 3.54. The van der Waals surface area contributed by atoms with Crippen LogP contribution in [0.25, 0.3) is 11.3 Å². The molecule has 2 heterocycles. The van der Waals surface area contributed by atoms with Crippen LogP contribution in [-0.2, 0) is 4.79 Å². The Hall–Kier alpha value is -1.72. The van der Waals surface area contributed by atoms with Crippen LogP contribution in [0.4, 0.5) is 5.13 Å². The van der Waals surface area contributed by atoms with Gasteiger partial charge in [0.15, 0.2) is 5.13 Å². The monoisotopic (exact) mass is 315 g/mol. The van der Waals surface area contributed by atoms with Crippen LogP contribution in [0.2, 0.25) is 0 Å². The molecule has 3 rings (SSSR count). The molecular weight excluding hydrogens is 294 g/mol. The third kappa shape index (κ3) is 3.36. The van der Waals surface area contributed by atoms with Crippen LogP contribution >= 0.6 is 11.3 Å². The Labute approximate surface area is 135 Å². The van der Waals surface area contributed by atoms with Gasteiger partial charge in [0, 0.05) is 10.9 Å². The summed E-state index contributed by atoms with van der Waals surface area (Å²) in [5.41, 5.74) is 3.22. The molecule has 1 amide bonds. The Balaban J connectivity index is 1.68. The largest absolute Gasteiger partial charge is 0.301 e. The third-order valence-electron chi connectivity index (χ3n) is 4.15. The number of aryl methyl sites for hydroxylation is 1. The predicted molar refractivity (Wildman–Crippen MR) is 91.2 cm³/mol. The lowest BCUT2D eigenvalue weighted by Crippen LogP contribution is -2.44. The van der Waals surface area contributed by atoms with Gasteiger partial charge in [-0.1, -0.05) is 36.2 Å². The van der Waals surface area contributed by atoms with E-state index < -0.39 is 0 Å². The minimum Gasteiger partial charge on any atom is -0.301 e. The topological polar surface area (TPSA) is 45.2 Å². The van der Waals surface area contributed by atoms with Crippen LogP contribution in [0.15, 0.2) is 29.6 Å². The van der Waals surface area contributed by atoms with Gasteiger partial charge in [-0.3, -0.25) is 9.69 Å². The number of piperidine rings is 1. The summed E-state index contributed by atoms with van der Waals surface area (Å²) in [6.07, 6.45) is 3.22. The van der Waals surface area contributed by atoms with Gasteiger partial charge in [-0.15, -0.1) is 11.3 Å². The van der Waals surface area contributed by atoms with Crippen molar-refractivity contribution >= 4 is 22.4 Å². The molecule has 22 heavy (non-hydrogen) atoms. The van der Waals surface area contributed by atoms with E-state index in [1.54, 1.807) is 0 Å². The van der Waals surface area contributed by atoms with Gasteiger partial charge in [0.25, 0.3) is 0 Å². The maximum atomic E-state index is 12.4. The number of nitrogens with one attached hydrogen (secondary N) is 1. The molecule has 2 aromatic rings. The van der Waals surface area contributed by atoms with Gasteiger partial charge in [0.2, 0.25) is 5.91 Å². The first-order chi connectivity index (χ1) is 10.6. The van der Waals surface area contributed by atoms with E-state index in [2.05, 4.69) is 46.4 Å². The zero-order chi connectivity index (χ0) is 15.5. The van der Waals surface area contributed by atoms with E-state index in [1.165, 1.54) is 23.3 Å². The first-order valence-corrected chi connectivity index (χ1v) is 8.55. The number of amides is 1. The van der Waals surface area contributed by atoms with Crippen LogP contribution in [0.5, 0.6) is 0 Å². The molecule has 1 aliphatic rings. The molecule has 0 spiro atoms. The quantitative estimate of drug-likeness (QED) is 0.942. The molecule has 1 N–H and O–H groups in total. The van der Waals surface area contributed by atoms with Crippen LogP contribution in [0.1, 0.15) is 24.8 Å². The van der Waals surface area contributed by atoms with Crippen molar-refractivity contribution in [2.75, 3.05) is 18.9 Å². The van der Waals surface area contributed by atoms with Gasteiger partial charge < -0.3 is 5.32 Å². The van der Waals surface area contributed by atoms with E-state index in [-0.39, 0.29) is 11.9 Å². The van der Waals surface area contributed by atoms with Crippen molar-refractivity contribution in [3.05, 3.63) is 35.2 Å². The maximum absolute atomic E-state index is 12.4. The lowest BCUT2D eigenvalue weighted by atomic mass is 10.0. The van der Waals surface area contributed by atoms with Crippen LogP contribution in [-0.4, -0.2) is 35.4 Å². The zero-order valence-electron chi connectivity index (χ0n) is 13.0. The van der Waals surface area contributed by atoms with Crippen LogP contribution in [0.3, 0.4) is 0 Å².